The van der Waals surface area contributed by atoms with Gasteiger partial charge >= 0.3 is 29.6 Å². The third-order valence-corrected chi connectivity index (χ3v) is 4.14. The summed E-state index contributed by atoms with van der Waals surface area (Å²) in [5.74, 6) is -1.92. The Balaban J connectivity index is 0.00000176. The molecule has 0 atom stereocenters. The number of hydrogen-bond acceptors (Lipinski definition) is 6. The first-order chi connectivity index (χ1) is 9.80. The fourth-order valence-electron chi connectivity index (χ4n) is 2.31. The largest absolute Gasteiger partial charge is 1.00 e. The molecule has 1 N–H and O–H groups in total. The molecule has 6 nitrogen and oxygen atoms in total. The number of rotatable bonds is 1. The van der Waals surface area contributed by atoms with Crippen LogP contribution < -0.4 is 29.6 Å². The molecule has 0 spiro atoms. The van der Waals surface area contributed by atoms with Crippen molar-refractivity contribution in [2.75, 3.05) is 0 Å². The molecule has 0 fully saturated rings. The van der Waals surface area contributed by atoms with E-state index in [1.807, 2.05) is 0 Å². The number of ketones is 2. The SMILES string of the molecule is O=C1c2ccccc2C(=O)c2cc(S(=O)(=O)[O-])c(O)cc21.[Na+]. The summed E-state index contributed by atoms with van der Waals surface area (Å²) in [5, 5.41) is 9.61. The van der Waals surface area contributed by atoms with Crippen LogP contribution in [-0.2, 0) is 10.1 Å². The maximum atomic E-state index is 12.3. The van der Waals surface area contributed by atoms with Gasteiger partial charge in [-0.2, -0.15) is 0 Å². The fourth-order valence-corrected chi connectivity index (χ4v) is 2.89. The van der Waals surface area contributed by atoms with Crippen molar-refractivity contribution >= 4 is 21.7 Å². The predicted molar refractivity (Wildman–Crippen MR) is 69.4 cm³/mol. The zero-order valence-corrected chi connectivity index (χ0v) is 14.2. The van der Waals surface area contributed by atoms with E-state index >= 15 is 0 Å². The molecule has 2 aromatic carbocycles. The average Bonchev–Trinajstić information content (AvgIpc) is 2.43. The first kappa shape index (κ1) is 16.9. The summed E-state index contributed by atoms with van der Waals surface area (Å²) in [6, 6.07) is 7.66. The second kappa shape index (κ2) is 5.60. The van der Waals surface area contributed by atoms with Gasteiger partial charge in [0, 0.05) is 22.3 Å². The minimum Gasteiger partial charge on any atom is -0.744 e. The van der Waals surface area contributed by atoms with Gasteiger partial charge in [-0.05, 0) is 12.1 Å². The van der Waals surface area contributed by atoms with E-state index in [-0.39, 0.29) is 51.8 Å². The molecule has 0 bridgehead atoms. The standard InChI is InChI=1S/C14H8O6S.Na/c15-11-5-9-10(6-12(11)21(18,19)20)14(17)8-4-2-1-3-7(8)13(9)16;/h1-6,15H,(H,18,19,20);/q;+1/p-1. The summed E-state index contributed by atoms with van der Waals surface area (Å²) in [5.41, 5.74) is -0.0170. The number of hydrogen-bond donors (Lipinski definition) is 1. The number of carbonyl (C=O) groups excluding carboxylic acids is 2. The van der Waals surface area contributed by atoms with Gasteiger partial charge in [-0.3, -0.25) is 9.59 Å². The smallest absolute Gasteiger partial charge is 0.744 e. The molecular formula is C14H7NaO6S. The van der Waals surface area contributed by atoms with E-state index in [1.54, 1.807) is 12.1 Å². The molecule has 8 heteroatoms. The Labute approximate surface area is 147 Å². The maximum absolute atomic E-state index is 12.3. The number of aromatic hydroxyl groups is 1. The molecule has 106 valence electrons. The van der Waals surface area contributed by atoms with E-state index in [9.17, 15) is 27.7 Å². The normalized spacial score (nSPS) is 13.1. The van der Waals surface area contributed by atoms with Crippen molar-refractivity contribution in [1.29, 1.82) is 0 Å². The molecule has 0 heterocycles. The van der Waals surface area contributed by atoms with Crippen LogP contribution in [0.2, 0.25) is 0 Å². The first-order valence-corrected chi connectivity index (χ1v) is 7.23. The number of fused-ring (bicyclic) bond motifs is 2. The van der Waals surface area contributed by atoms with Gasteiger partial charge in [0.25, 0.3) is 0 Å². The van der Waals surface area contributed by atoms with Crippen molar-refractivity contribution < 1.29 is 57.2 Å². The Hall–Kier alpha value is -1.51. The van der Waals surface area contributed by atoms with Crippen LogP contribution in [0.5, 0.6) is 5.75 Å². The predicted octanol–water partition coefficient (Wildman–Crippen LogP) is -1.92. The van der Waals surface area contributed by atoms with Crippen LogP contribution in [0.25, 0.3) is 0 Å². The van der Waals surface area contributed by atoms with Crippen molar-refractivity contribution in [3.8, 4) is 5.75 Å². The van der Waals surface area contributed by atoms with Crippen LogP contribution >= 0.6 is 0 Å². The molecule has 0 amide bonds. The van der Waals surface area contributed by atoms with Gasteiger partial charge in [-0.15, -0.1) is 0 Å². The van der Waals surface area contributed by atoms with Crippen molar-refractivity contribution in [2.24, 2.45) is 0 Å². The summed E-state index contributed by atoms with van der Waals surface area (Å²) in [6.07, 6.45) is 0. The van der Waals surface area contributed by atoms with E-state index in [4.69, 9.17) is 0 Å². The zero-order valence-electron chi connectivity index (χ0n) is 11.4. The zero-order chi connectivity index (χ0) is 15.4. The molecule has 3 rings (SSSR count). The van der Waals surface area contributed by atoms with E-state index in [1.165, 1.54) is 12.1 Å². The second-order valence-electron chi connectivity index (χ2n) is 4.52. The molecule has 22 heavy (non-hydrogen) atoms. The van der Waals surface area contributed by atoms with Gasteiger partial charge in [0.1, 0.15) is 15.9 Å². The number of phenols is 1. The molecule has 0 aromatic heterocycles. The molecule has 0 saturated carbocycles. The summed E-state index contributed by atoms with van der Waals surface area (Å²) in [6.45, 7) is 0. The Morgan fingerprint density at radius 2 is 1.32 bits per heavy atom. The molecule has 0 radical (unpaired) electrons. The number of carbonyl (C=O) groups is 2. The fraction of sp³-hybridized carbons (Fsp3) is 0. The third-order valence-electron chi connectivity index (χ3n) is 3.27. The van der Waals surface area contributed by atoms with Crippen LogP contribution in [0, 0.1) is 0 Å². The van der Waals surface area contributed by atoms with Crippen LogP contribution in [-0.4, -0.2) is 29.6 Å². The molecule has 1 aliphatic rings. The van der Waals surface area contributed by atoms with Crippen molar-refractivity contribution in [3.05, 3.63) is 58.7 Å². The Morgan fingerprint density at radius 1 is 0.864 bits per heavy atom. The van der Waals surface area contributed by atoms with Crippen LogP contribution in [0.3, 0.4) is 0 Å². The summed E-state index contributed by atoms with van der Waals surface area (Å²) in [7, 11) is -4.95. The number of benzene rings is 2. The van der Waals surface area contributed by atoms with Gasteiger partial charge < -0.3 is 9.66 Å². The molecule has 0 aliphatic heterocycles. The van der Waals surface area contributed by atoms with Crippen LogP contribution in [0.4, 0.5) is 0 Å². The molecule has 0 saturated heterocycles. The molecular weight excluding hydrogens is 319 g/mol. The second-order valence-corrected chi connectivity index (χ2v) is 5.87. The van der Waals surface area contributed by atoms with Crippen molar-refractivity contribution in [2.45, 2.75) is 4.90 Å². The average molecular weight is 326 g/mol. The van der Waals surface area contributed by atoms with Gasteiger partial charge in [0.05, 0.1) is 4.90 Å². The summed E-state index contributed by atoms with van der Waals surface area (Å²) >= 11 is 0. The van der Waals surface area contributed by atoms with Crippen LogP contribution in [0.15, 0.2) is 41.3 Å². The Bertz CT molecular complexity index is 917. The van der Waals surface area contributed by atoms with E-state index in [0.717, 1.165) is 12.1 Å². The van der Waals surface area contributed by atoms with E-state index in [2.05, 4.69) is 0 Å². The van der Waals surface area contributed by atoms with Gasteiger partial charge in [0.15, 0.2) is 11.6 Å². The van der Waals surface area contributed by atoms with Crippen molar-refractivity contribution in [3.63, 3.8) is 0 Å². The van der Waals surface area contributed by atoms with E-state index in [0.29, 0.717) is 0 Å². The minimum absolute atomic E-state index is 0. The quantitative estimate of drug-likeness (QED) is 0.412. The molecule has 2 aromatic rings. The Morgan fingerprint density at radius 3 is 1.77 bits per heavy atom. The third kappa shape index (κ3) is 2.51. The monoisotopic (exact) mass is 326 g/mol. The topological polar surface area (TPSA) is 112 Å². The summed E-state index contributed by atoms with van der Waals surface area (Å²) in [4.78, 5) is 23.7. The Kier molecular flexibility index (Phi) is 4.29. The summed E-state index contributed by atoms with van der Waals surface area (Å²) < 4.78 is 33.2. The van der Waals surface area contributed by atoms with Gasteiger partial charge in [-0.25, -0.2) is 8.42 Å². The molecule has 0 unspecified atom stereocenters. The van der Waals surface area contributed by atoms with Crippen LogP contribution in [0.1, 0.15) is 31.8 Å². The maximum Gasteiger partial charge on any atom is 1.00 e. The number of phenolic OH excluding ortho intramolecular Hbond substituents is 1. The van der Waals surface area contributed by atoms with Gasteiger partial charge in [-0.1, -0.05) is 24.3 Å². The van der Waals surface area contributed by atoms with Crippen molar-refractivity contribution in [1.82, 2.24) is 0 Å². The first-order valence-electron chi connectivity index (χ1n) is 5.82. The molecule has 1 aliphatic carbocycles. The minimum atomic E-state index is -4.95. The van der Waals surface area contributed by atoms with Gasteiger partial charge in [0.2, 0.25) is 0 Å². The van der Waals surface area contributed by atoms with E-state index < -0.39 is 32.3 Å².